The van der Waals surface area contributed by atoms with Crippen molar-refractivity contribution in [2.45, 2.75) is 16.7 Å². The van der Waals surface area contributed by atoms with E-state index >= 15 is 0 Å². The summed E-state index contributed by atoms with van der Waals surface area (Å²) in [6, 6.07) is 20.4. The first-order valence-electron chi connectivity index (χ1n) is 10.1. The first kappa shape index (κ1) is 21.6. The zero-order valence-corrected chi connectivity index (χ0v) is 18.3. The smallest absolute Gasteiger partial charge is 0.319 e. The lowest BCUT2D eigenvalue weighted by molar-refractivity contribution is -0.115. The molecule has 0 spiro atoms. The number of nitrogens with one attached hydrogen (secondary N) is 3. The highest BCUT2D eigenvalue weighted by molar-refractivity contribution is 7.99. The van der Waals surface area contributed by atoms with E-state index in [1.807, 2.05) is 61.5 Å². The highest BCUT2D eigenvalue weighted by atomic mass is 32.2. The first-order valence-corrected chi connectivity index (χ1v) is 11.0. The van der Waals surface area contributed by atoms with E-state index in [1.165, 1.54) is 11.8 Å². The van der Waals surface area contributed by atoms with Crippen molar-refractivity contribution in [1.29, 1.82) is 0 Å². The van der Waals surface area contributed by atoms with Crippen LogP contribution >= 0.6 is 11.8 Å². The molecular weight excluding hydrogens is 426 g/mol. The first-order chi connectivity index (χ1) is 15.6. The normalized spacial score (nSPS) is 12.0. The third-order valence-electron chi connectivity index (χ3n) is 4.57. The number of rotatable bonds is 6. The van der Waals surface area contributed by atoms with Crippen molar-refractivity contribution in [3.05, 3.63) is 72.3 Å². The predicted molar refractivity (Wildman–Crippen MR) is 125 cm³/mol. The van der Waals surface area contributed by atoms with Gasteiger partial charge in [0.15, 0.2) is 11.5 Å². The summed E-state index contributed by atoms with van der Waals surface area (Å²) in [7, 11) is 0. The highest BCUT2D eigenvalue weighted by Gasteiger charge is 2.18. The molecule has 3 amide bonds. The van der Waals surface area contributed by atoms with E-state index in [0.29, 0.717) is 36.1 Å². The summed E-state index contributed by atoms with van der Waals surface area (Å²) in [6.07, 6.45) is 0. The van der Waals surface area contributed by atoms with E-state index in [4.69, 9.17) is 9.47 Å². The monoisotopic (exact) mass is 449 g/mol. The van der Waals surface area contributed by atoms with E-state index < -0.39 is 6.03 Å². The van der Waals surface area contributed by atoms with Crippen LogP contribution in [0.15, 0.2) is 76.5 Å². The van der Waals surface area contributed by atoms with Gasteiger partial charge in [0.2, 0.25) is 5.91 Å². The third kappa shape index (κ3) is 5.73. The molecule has 4 rings (SSSR count). The van der Waals surface area contributed by atoms with E-state index in [0.717, 1.165) is 15.4 Å². The van der Waals surface area contributed by atoms with Gasteiger partial charge in [-0.15, -0.1) is 0 Å². The van der Waals surface area contributed by atoms with Gasteiger partial charge in [0.1, 0.15) is 13.2 Å². The van der Waals surface area contributed by atoms with E-state index in [1.54, 1.807) is 12.1 Å². The molecule has 1 heterocycles. The van der Waals surface area contributed by atoms with Crippen molar-refractivity contribution < 1.29 is 19.1 Å². The molecule has 164 valence electrons. The summed E-state index contributed by atoms with van der Waals surface area (Å²) in [5.74, 6) is 0.869. The maximum atomic E-state index is 12.6. The van der Waals surface area contributed by atoms with Crippen LogP contribution in [-0.2, 0) is 4.79 Å². The van der Waals surface area contributed by atoms with Crippen molar-refractivity contribution in [2.75, 3.05) is 30.4 Å². The number of amides is 3. The van der Waals surface area contributed by atoms with Gasteiger partial charge in [-0.1, -0.05) is 42.1 Å². The molecule has 0 unspecified atom stereocenters. The second-order valence-corrected chi connectivity index (χ2v) is 8.25. The fraction of sp³-hybridized carbons (Fsp3) is 0.167. The molecule has 3 N–H and O–H groups in total. The van der Waals surface area contributed by atoms with Crippen LogP contribution in [0.25, 0.3) is 0 Å². The number of anilines is 2. The summed E-state index contributed by atoms with van der Waals surface area (Å²) < 4.78 is 11.3. The zero-order chi connectivity index (χ0) is 22.3. The topological polar surface area (TPSA) is 88.7 Å². The lowest BCUT2D eigenvalue weighted by Gasteiger charge is -2.21. The van der Waals surface area contributed by atoms with E-state index in [2.05, 4.69) is 16.0 Å². The van der Waals surface area contributed by atoms with Crippen molar-refractivity contribution in [3.63, 3.8) is 0 Å². The van der Waals surface area contributed by atoms with Crippen LogP contribution in [0, 0.1) is 6.92 Å². The Bertz CT molecular complexity index is 1120. The maximum Gasteiger partial charge on any atom is 0.319 e. The average molecular weight is 450 g/mol. The minimum Gasteiger partial charge on any atom is -0.486 e. The Labute approximate surface area is 190 Å². The quantitative estimate of drug-likeness (QED) is 0.509. The molecule has 0 bridgehead atoms. The van der Waals surface area contributed by atoms with E-state index in [9.17, 15) is 9.59 Å². The Morgan fingerprint density at radius 2 is 1.66 bits per heavy atom. The molecule has 32 heavy (non-hydrogen) atoms. The molecule has 0 saturated heterocycles. The Hall–Kier alpha value is -3.65. The zero-order valence-electron chi connectivity index (χ0n) is 17.5. The van der Waals surface area contributed by atoms with Crippen LogP contribution in [-0.4, -0.2) is 31.7 Å². The van der Waals surface area contributed by atoms with Gasteiger partial charge in [0.25, 0.3) is 0 Å². The SMILES string of the molecule is Cc1cccc(NC(=O)NCC(=O)Nc2cc3c(cc2Sc2ccccc2)OCCO3)c1. The largest absolute Gasteiger partial charge is 0.486 e. The number of aryl methyl sites for hydroxylation is 1. The van der Waals surface area contributed by atoms with Crippen LogP contribution in [0.1, 0.15) is 5.56 Å². The minimum absolute atomic E-state index is 0.179. The van der Waals surface area contributed by atoms with Crippen LogP contribution in [0.5, 0.6) is 11.5 Å². The van der Waals surface area contributed by atoms with Crippen molar-refractivity contribution in [1.82, 2.24) is 5.32 Å². The lowest BCUT2D eigenvalue weighted by atomic mass is 10.2. The summed E-state index contributed by atoms with van der Waals surface area (Å²) in [4.78, 5) is 26.5. The lowest BCUT2D eigenvalue weighted by Crippen LogP contribution is -2.35. The van der Waals surface area contributed by atoms with Crippen molar-refractivity contribution in [2.24, 2.45) is 0 Å². The minimum atomic E-state index is -0.452. The molecule has 0 saturated carbocycles. The maximum absolute atomic E-state index is 12.6. The Morgan fingerprint density at radius 1 is 0.906 bits per heavy atom. The number of urea groups is 1. The number of ether oxygens (including phenoxy) is 2. The molecule has 0 radical (unpaired) electrons. The fourth-order valence-electron chi connectivity index (χ4n) is 3.12. The summed E-state index contributed by atoms with van der Waals surface area (Å²) in [5, 5.41) is 8.16. The van der Waals surface area contributed by atoms with Gasteiger partial charge in [-0.25, -0.2) is 4.79 Å². The highest BCUT2D eigenvalue weighted by Crippen LogP contribution is 2.42. The molecule has 1 aliphatic heterocycles. The number of carbonyl (C=O) groups excluding carboxylic acids is 2. The summed E-state index contributed by atoms with van der Waals surface area (Å²) in [6.45, 7) is 2.69. The van der Waals surface area contributed by atoms with Crippen molar-refractivity contribution in [3.8, 4) is 11.5 Å². The molecule has 0 atom stereocenters. The molecule has 3 aromatic carbocycles. The summed E-state index contributed by atoms with van der Waals surface area (Å²) in [5.41, 5.74) is 2.29. The van der Waals surface area contributed by atoms with Gasteiger partial charge >= 0.3 is 6.03 Å². The van der Waals surface area contributed by atoms with Gasteiger partial charge in [-0.2, -0.15) is 0 Å². The van der Waals surface area contributed by atoms with Gasteiger partial charge in [-0.3, -0.25) is 4.79 Å². The van der Waals surface area contributed by atoms with Gasteiger partial charge < -0.3 is 25.4 Å². The standard InChI is InChI=1S/C24H23N3O4S/c1-16-6-5-7-17(12-16)26-24(29)25-15-23(28)27-19-13-20-21(31-11-10-30-20)14-22(19)32-18-8-3-2-4-9-18/h2-9,12-14H,10-11,15H2,1H3,(H,27,28)(H2,25,26,29). The molecule has 8 heteroatoms. The Balaban J connectivity index is 1.42. The number of hydrogen-bond acceptors (Lipinski definition) is 5. The van der Waals surface area contributed by atoms with Crippen LogP contribution < -0.4 is 25.4 Å². The molecule has 0 aliphatic carbocycles. The third-order valence-corrected chi connectivity index (χ3v) is 5.64. The van der Waals surface area contributed by atoms with Crippen LogP contribution in [0.3, 0.4) is 0 Å². The number of carbonyl (C=O) groups is 2. The van der Waals surface area contributed by atoms with Gasteiger partial charge in [0.05, 0.1) is 12.2 Å². The molecule has 1 aliphatic rings. The number of benzene rings is 3. The molecule has 3 aromatic rings. The summed E-state index contributed by atoms with van der Waals surface area (Å²) >= 11 is 1.51. The Morgan fingerprint density at radius 3 is 2.41 bits per heavy atom. The molecule has 0 aromatic heterocycles. The number of hydrogen-bond donors (Lipinski definition) is 3. The van der Waals surface area contributed by atoms with Gasteiger partial charge in [0, 0.05) is 27.6 Å². The second-order valence-electron chi connectivity index (χ2n) is 7.13. The van der Waals surface area contributed by atoms with E-state index in [-0.39, 0.29) is 12.5 Å². The molecule has 7 nitrogen and oxygen atoms in total. The van der Waals surface area contributed by atoms with Crippen LogP contribution in [0.4, 0.5) is 16.2 Å². The van der Waals surface area contributed by atoms with Gasteiger partial charge in [-0.05, 0) is 36.8 Å². The fourth-order valence-corrected chi connectivity index (χ4v) is 4.05. The number of fused-ring (bicyclic) bond motifs is 1. The predicted octanol–water partition coefficient (Wildman–Crippen LogP) is 4.68. The Kier molecular flexibility index (Phi) is 6.81. The average Bonchev–Trinajstić information content (AvgIpc) is 2.79. The van der Waals surface area contributed by atoms with Crippen molar-refractivity contribution >= 4 is 35.1 Å². The molecular formula is C24H23N3O4S. The molecule has 0 fully saturated rings. The van der Waals surface area contributed by atoms with Crippen LogP contribution in [0.2, 0.25) is 0 Å². The second kappa shape index (κ2) is 10.1.